The molecular weight excluding hydrogens is 504 g/mol. The minimum absolute atomic E-state index is 0.0437. The van der Waals surface area contributed by atoms with Crippen LogP contribution in [0.1, 0.15) is 61.3 Å². The predicted molar refractivity (Wildman–Crippen MR) is 143 cm³/mol. The number of allylic oxidation sites excluding steroid dienone is 1. The van der Waals surface area contributed by atoms with Gasteiger partial charge in [0.2, 0.25) is 17.7 Å². The number of carbonyl (C=O) groups is 5. The monoisotopic (exact) mass is 544 g/mol. The first-order valence-corrected chi connectivity index (χ1v) is 14.7. The fourth-order valence-corrected chi connectivity index (χ4v) is 5.54. The molecule has 0 aromatic rings. The van der Waals surface area contributed by atoms with Crippen molar-refractivity contribution in [2.24, 2.45) is 11.8 Å². The molecular formula is C24H40N4O6S2. The van der Waals surface area contributed by atoms with E-state index < -0.39 is 53.8 Å². The minimum Gasteiger partial charge on any atom is -0.461 e. The van der Waals surface area contributed by atoms with Crippen LogP contribution in [0.3, 0.4) is 0 Å². The Bertz CT molecular complexity index is 833. The minimum atomic E-state index is -0.984. The Kier molecular flexibility index (Phi) is 14.0. The van der Waals surface area contributed by atoms with Crippen molar-refractivity contribution in [3.8, 4) is 0 Å². The van der Waals surface area contributed by atoms with E-state index in [1.807, 2.05) is 6.92 Å². The summed E-state index contributed by atoms with van der Waals surface area (Å²) in [7, 11) is 3.02. The quantitative estimate of drug-likeness (QED) is 0.165. The van der Waals surface area contributed by atoms with Gasteiger partial charge in [0, 0.05) is 11.5 Å². The lowest BCUT2D eigenvalue weighted by molar-refractivity contribution is -0.154. The molecule has 1 fully saturated rings. The fourth-order valence-electron chi connectivity index (χ4n) is 3.24. The average Bonchev–Trinajstić information content (AvgIpc) is 2.79. The van der Waals surface area contributed by atoms with Crippen LogP contribution in [0.2, 0.25) is 0 Å². The van der Waals surface area contributed by atoms with Crippen molar-refractivity contribution in [2.45, 2.75) is 85.5 Å². The molecule has 4 amide bonds. The van der Waals surface area contributed by atoms with Gasteiger partial charge >= 0.3 is 5.97 Å². The van der Waals surface area contributed by atoms with Crippen LogP contribution in [-0.2, 0) is 28.7 Å². The van der Waals surface area contributed by atoms with Crippen molar-refractivity contribution in [3.63, 3.8) is 0 Å². The van der Waals surface area contributed by atoms with Gasteiger partial charge in [-0.05, 0) is 32.1 Å². The number of hydrogen-bond donors (Lipinski definition) is 4. The summed E-state index contributed by atoms with van der Waals surface area (Å²) in [5, 5.41) is 10.6. The number of carbonyl (C=O) groups excluding carboxylic acids is 5. The topological polar surface area (TPSA) is 143 Å². The molecule has 0 spiro atoms. The number of esters is 1. The lowest BCUT2D eigenvalue weighted by Gasteiger charge is -2.27. The van der Waals surface area contributed by atoms with Crippen molar-refractivity contribution < 1.29 is 28.7 Å². The summed E-state index contributed by atoms with van der Waals surface area (Å²) in [5.41, 5.74) is -0.0437. The summed E-state index contributed by atoms with van der Waals surface area (Å²) in [6.07, 6.45) is 1.45. The second-order valence-corrected chi connectivity index (χ2v) is 11.9. The standard InChI is InChI=1S/C24H40N4O6S2/c1-8-10-35-36-12-17-22(31)25-16(9-2)21(30)28-20(14(5)6)24(33)34-15(7)11-18(29)27-19(13(3)4)23(32)26-17/h9,13-15,17,19-20H,8,10-12H2,1-7H3,(H,25,31)(H,26,32)(H,27,29)(H,28,30)/b16-9+/t15-,17?,19?,20+/m1/s1. The first-order valence-electron chi connectivity index (χ1n) is 12.2. The fraction of sp³-hybridized carbons (Fsp3) is 0.708. The molecule has 204 valence electrons. The van der Waals surface area contributed by atoms with Gasteiger partial charge in [-0.3, -0.25) is 19.2 Å². The second kappa shape index (κ2) is 15.8. The summed E-state index contributed by atoms with van der Waals surface area (Å²) >= 11 is 0. The SMILES string of the molecule is C/C=C1/NC(=O)C(CSSCCC)NC(=O)C(C(C)C)NC(=O)C[C@@H](C)OC(=O)[C@H](C(C)C)NC1=O. The number of ether oxygens (including phenoxy) is 1. The summed E-state index contributed by atoms with van der Waals surface area (Å²) in [4.78, 5) is 64.6. The van der Waals surface area contributed by atoms with Gasteiger partial charge in [0.05, 0.1) is 6.42 Å². The second-order valence-electron chi connectivity index (χ2n) is 9.30. The largest absolute Gasteiger partial charge is 0.461 e. The normalized spacial score (nSPS) is 26.4. The zero-order valence-electron chi connectivity index (χ0n) is 22.1. The number of hydrogen-bond acceptors (Lipinski definition) is 8. The summed E-state index contributed by atoms with van der Waals surface area (Å²) in [6.45, 7) is 12.3. The maximum Gasteiger partial charge on any atom is 0.329 e. The van der Waals surface area contributed by atoms with Crippen LogP contribution in [0.4, 0.5) is 0 Å². The Morgan fingerprint density at radius 1 is 0.944 bits per heavy atom. The van der Waals surface area contributed by atoms with E-state index in [2.05, 4.69) is 21.3 Å². The molecule has 0 aromatic heterocycles. The molecule has 1 heterocycles. The predicted octanol–water partition coefficient (Wildman–Crippen LogP) is 1.90. The summed E-state index contributed by atoms with van der Waals surface area (Å²) in [6, 6.07) is -2.84. The molecule has 2 unspecified atom stereocenters. The zero-order valence-corrected chi connectivity index (χ0v) is 23.8. The Hall–Kier alpha value is -2.21. The molecule has 0 bridgehead atoms. The van der Waals surface area contributed by atoms with Gasteiger partial charge in [-0.15, -0.1) is 0 Å². The van der Waals surface area contributed by atoms with Crippen molar-refractivity contribution in [1.82, 2.24) is 21.3 Å². The molecule has 1 saturated heterocycles. The van der Waals surface area contributed by atoms with Crippen LogP contribution in [0.15, 0.2) is 11.8 Å². The van der Waals surface area contributed by atoms with Crippen LogP contribution in [0.25, 0.3) is 0 Å². The van der Waals surface area contributed by atoms with Crippen molar-refractivity contribution in [1.29, 1.82) is 0 Å². The average molecular weight is 545 g/mol. The molecule has 1 rings (SSSR count). The maximum absolute atomic E-state index is 13.1. The van der Waals surface area contributed by atoms with Crippen molar-refractivity contribution in [3.05, 3.63) is 11.8 Å². The van der Waals surface area contributed by atoms with Crippen LogP contribution in [0, 0.1) is 11.8 Å². The summed E-state index contributed by atoms with van der Waals surface area (Å²) < 4.78 is 5.41. The smallest absolute Gasteiger partial charge is 0.329 e. The Balaban J connectivity index is 3.33. The lowest BCUT2D eigenvalue weighted by atomic mass is 10.0. The van der Waals surface area contributed by atoms with E-state index in [0.29, 0.717) is 0 Å². The van der Waals surface area contributed by atoms with Gasteiger partial charge in [-0.25, -0.2) is 4.79 Å². The Labute approximate surface area is 221 Å². The highest BCUT2D eigenvalue weighted by Crippen LogP contribution is 2.23. The third-order valence-corrected chi connectivity index (χ3v) is 7.91. The van der Waals surface area contributed by atoms with Gasteiger partial charge in [-0.1, -0.05) is 62.3 Å². The highest BCUT2D eigenvalue weighted by atomic mass is 33.1. The molecule has 0 saturated carbocycles. The molecule has 1 aliphatic rings. The molecule has 0 aromatic carbocycles. The van der Waals surface area contributed by atoms with E-state index in [0.717, 1.165) is 12.2 Å². The number of nitrogens with one attached hydrogen (secondary N) is 4. The number of amides is 4. The van der Waals surface area contributed by atoms with E-state index in [4.69, 9.17) is 4.74 Å². The van der Waals surface area contributed by atoms with Crippen molar-refractivity contribution in [2.75, 3.05) is 11.5 Å². The first kappa shape index (κ1) is 31.8. The number of cyclic esters (lactones) is 1. The highest BCUT2D eigenvalue weighted by molar-refractivity contribution is 8.76. The third kappa shape index (κ3) is 10.4. The number of rotatable bonds is 7. The molecule has 0 radical (unpaired) electrons. The molecule has 4 N–H and O–H groups in total. The molecule has 1 aliphatic heterocycles. The summed E-state index contributed by atoms with van der Waals surface area (Å²) in [5.74, 6) is -2.32. The molecule has 0 aliphatic carbocycles. The Morgan fingerprint density at radius 2 is 1.58 bits per heavy atom. The van der Waals surface area contributed by atoms with E-state index in [1.54, 1.807) is 52.3 Å². The molecule has 36 heavy (non-hydrogen) atoms. The van der Waals surface area contributed by atoms with E-state index in [-0.39, 0.29) is 29.7 Å². The highest BCUT2D eigenvalue weighted by Gasteiger charge is 2.33. The molecule has 10 nitrogen and oxygen atoms in total. The first-order chi connectivity index (χ1) is 16.9. The van der Waals surface area contributed by atoms with Gasteiger partial charge in [0.1, 0.15) is 29.9 Å². The van der Waals surface area contributed by atoms with Gasteiger partial charge in [0.15, 0.2) is 0 Å². The van der Waals surface area contributed by atoms with Crippen LogP contribution >= 0.6 is 21.6 Å². The zero-order chi connectivity index (χ0) is 27.4. The van der Waals surface area contributed by atoms with E-state index in [1.165, 1.54) is 16.9 Å². The lowest BCUT2D eigenvalue weighted by Crippen LogP contribution is -2.57. The molecule has 12 heteroatoms. The van der Waals surface area contributed by atoms with E-state index >= 15 is 0 Å². The third-order valence-electron chi connectivity index (χ3n) is 5.29. The maximum atomic E-state index is 13.1. The van der Waals surface area contributed by atoms with Crippen molar-refractivity contribution >= 4 is 51.2 Å². The van der Waals surface area contributed by atoms with Gasteiger partial charge in [-0.2, -0.15) is 0 Å². The van der Waals surface area contributed by atoms with Crippen LogP contribution < -0.4 is 21.3 Å². The van der Waals surface area contributed by atoms with E-state index in [9.17, 15) is 24.0 Å². The Morgan fingerprint density at radius 3 is 2.14 bits per heavy atom. The van der Waals surface area contributed by atoms with Gasteiger partial charge in [0.25, 0.3) is 5.91 Å². The molecule has 4 atom stereocenters. The van der Waals surface area contributed by atoms with Crippen LogP contribution in [-0.4, -0.2) is 65.3 Å². The van der Waals surface area contributed by atoms with Crippen LogP contribution in [0.5, 0.6) is 0 Å². The van der Waals surface area contributed by atoms with Gasteiger partial charge < -0.3 is 26.0 Å².